The van der Waals surface area contributed by atoms with Gasteiger partial charge in [0, 0.05) is 25.8 Å². The predicted molar refractivity (Wildman–Crippen MR) is 125 cm³/mol. The van der Waals surface area contributed by atoms with Crippen molar-refractivity contribution < 1.29 is 43.9 Å². The molecule has 0 unspecified atom stereocenters. The third-order valence-electron chi connectivity index (χ3n) is 6.91. The van der Waals surface area contributed by atoms with Crippen molar-refractivity contribution in [1.29, 1.82) is 0 Å². The summed E-state index contributed by atoms with van der Waals surface area (Å²) in [6.45, 7) is -0.749. The third kappa shape index (κ3) is 6.45. The average Bonchev–Trinajstić information content (AvgIpc) is 3.38. The van der Waals surface area contributed by atoms with E-state index in [2.05, 4.69) is 10.3 Å². The van der Waals surface area contributed by atoms with Crippen molar-refractivity contribution in [2.24, 2.45) is 5.92 Å². The van der Waals surface area contributed by atoms with Gasteiger partial charge >= 0.3 is 12.4 Å². The SMILES string of the molecule is O=C(NCc1cc(N2CCC(C(F)(F)F)CC2)c(C(F)(F)F)cn1)[C@@H]1CCCN1S(=O)(=O)c1ccc(F)cc1. The molecule has 1 atom stereocenters. The number of benzene rings is 1. The molecule has 0 aliphatic carbocycles. The van der Waals surface area contributed by atoms with Crippen molar-refractivity contribution in [3.63, 3.8) is 0 Å². The summed E-state index contributed by atoms with van der Waals surface area (Å²) in [6.07, 6.45) is -8.77. The van der Waals surface area contributed by atoms with Crippen molar-refractivity contribution in [3.05, 3.63) is 53.6 Å². The van der Waals surface area contributed by atoms with Crippen LogP contribution in [0.4, 0.5) is 36.4 Å². The van der Waals surface area contributed by atoms with Crippen LogP contribution in [0.25, 0.3) is 0 Å². The highest BCUT2D eigenvalue weighted by molar-refractivity contribution is 7.89. The molecule has 1 amide bonds. The summed E-state index contributed by atoms with van der Waals surface area (Å²) < 4.78 is 120. The number of carbonyl (C=O) groups excluding carboxylic acids is 1. The Labute approximate surface area is 220 Å². The molecule has 2 saturated heterocycles. The van der Waals surface area contributed by atoms with Crippen LogP contribution >= 0.6 is 0 Å². The topological polar surface area (TPSA) is 82.6 Å². The van der Waals surface area contributed by atoms with Crippen molar-refractivity contribution in [2.75, 3.05) is 24.5 Å². The number of anilines is 1. The van der Waals surface area contributed by atoms with Gasteiger partial charge in [-0.3, -0.25) is 9.78 Å². The molecule has 3 heterocycles. The largest absolute Gasteiger partial charge is 0.419 e. The number of carbonyl (C=O) groups is 1. The van der Waals surface area contributed by atoms with Crippen LogP contribution in [0.15, 0.2) is 41.4 Å². The fraction of sp³-hybridized carbons (Fsp3) is 0.500. The average molecular weight is 583 g/mol. The Kier molecular flexibility index (Phi) is 8.13. The van der Waals surface area contributed by atoms with Crippen LogP contribution in [0.3, 0.4) is 0 Å². The molecule has 7 nitrogen and oxygen atoms in total. The lowest BCUT2D eigenvalue weighted by Gasteiger charge is -2.35. The summed E-state index contributed by atoms with van der Waals surface area (Å²) >= 11 is 0. The Bertz CT molecular complexity index is 1290. The van der Waals surface area contributed by atoms with Gasteiger partial charge in [0.25, 0.3) is 0 Å². The van der Waals surface area contributed by atoms with Gasteiger partial charge in [0.05, 0.1) is 34.3 Å². The van der Waals surface area contributed by atoms with Gasteiger partial charge in [-0.2, -0.15) is 30.6 Å². The summed E-state index contributed by atoms with van der Waals surface area (Å²) in [5, 5.41) is 2.50. The summed E-state index contributed by atoms with van der Waals surface area (Å²) in [5.41, 5.74) is -1.41. The van der Waals surface area contributed by atoms with E-state index in [0.29, 0.717) is 12.6 Å². The van der Waals surface area contributed by atoms with Gasteiger partial charge in [-0.05, 0) is 56.0 Å². The van der Waals surface area contributed by atoms with Gasteiger partial charge in [0.1, 0.15) is 11.9 Å². The number of rotatable bonds is 6. The molecule has 2 aliphatic heterocycles. The lowest BCUT2D eigenvalue weighted by atomic mass is 9.95. The molecule has 15 heteroatoms. The Morgan fingerprint density at radius 1 is 1.00 bits per heavy atom. The van der Waals surface area contributed by atoms with Crippen LogP contribution < -0.4 is 10.2 Å². The van der Waals surface area contributed by atoms with E-state index in [0.717, 1.165) is 34.6 Å². The smallest absolute Gasteiger partial charge is 0.371 e. The number of piperidine rings is 1. The van der Waals surface area contributed by atoms with Gasteiger partial charge in [0.15, 0.2) is 0 Å². The maximum Gasteiger partial charge on any atom is 0.419 e. The first-order valence-corrected chi connectivity index (χ1v) is 13.5. The van der Waals surface area contributed by atoms with E-state index in [-0.39, 0.29) is 61.7 Å². The van der Waals surface area contributed by atoms with E-state index in [1.54, 1.807) is 0 Å². The Balaban J connectivity index is 1.48. The first-order valence-electron chi connectivity index (χ1n) is 12.1. The molecule has 1 aromatic carbocycles. The molecule has 2 aliphatic rings. The fourth-order valence-electron chi connectivity index (χ4n) is 4.84. The molecular weight excluding hydrogens is 557 g/mol. The van der Waals surface area contributed by atoms with Crippen molar-refractivity contribution in [3.8, 4) is 0 Å². The van der Waals surface area contributed by atoms with Crippen LogP contribution in [-0.2, 0) is 27.5 Å². The zero-order chi connectivity index (χ0) is 28.6. The zero-order valence-corrected chi connectivity index (χ0v) is 21.2. The van der Waals surface area contributed by atoms with E-state index in [1.165, 1.54) is 4.90 Å². The maximum atomic E-state index is 13.6. The number of halogens is 7. The summed E-state index contributed by atoms with van der Waals surface area (Å²) in [5.74, 6) is -2.91. The minimum Gasteiger partial charge on any atom is -0.371 e. The molecule has 0 saturated carbocycles. The molecule has 0 radical (unpaired) electrons. The van der Waals surface area contributed by atoms with Crippen LogP contribution in [0.1, 0.15) is 36.9 Å². The molecule has 0 bridgehead atoms. The molecule has 1 aromatic heterocycles. The quantitative estimate of drug-likeness (QED) is 0.508. The molecule has 2 aromatic rings. The maximum absolute atomic E-state index is 13.6. The number of alkyl halides is 6. The van der Waals surface area contributed by atoms with Crippen molar-refractivity contribution in [1.82, 2.24) is 14.6 Å². The first kappa shape index (κ1) is 29.1. The number of amides is 1. The van der Waals surface area contributed by atoms with Crippen molar-refractivity contribution in [2.45, 2.75) is 55.5 Å². The van der Waals surface area contributed by atoms with Gasteiger partial charge in [-0.25, -0.2) is 12.8 Å². The third-order valence-corrected chi connectivity index (χ3v) is 8.84. The van der Waals surface area contributed by atoms with E-state index in [1.807, 2.05) is 0 Å². The molecule has 0 spiro atoms. The van der Waals surface area contributed by atoms with E-state index < -0.39 is 51.6 Å². The number of pyridine rings is 1. The Morgan fingerprint density at radius 2 is 1.64 bits per heavy atom. The molecule has 1 N–H and O–H groups in total. The second-order valence-corrected chi connectivity index (χ2v) is 11.3. The van der Waals surface area contributed by atoms with E-state index in [9.17, 15) is 43.9 Å². The standard InChI is InChI=1S/C24H25F7N4O3S/c25-16-3-5-18(6-4-16)39(37,38)35-9-1-2-20(35)22(36)33-13-17-12-21(19(14-32-17)24(29,30)31)34-10-7-15(8-11-34)23(26,27)28/h3-6,12,14-15,20H,1-2,7-11,13H2,(H,33,36)/t20-/m0/s1. The fourth-order valence-corrected chi connectivity index (χ4v) is 6.49. The number of aromatic nitrogens is 1. The number of hydrogen-bond acceptors (Lipinski definition) is 5. The van der Waals surface area contributed by atoms with Crippen LogP contribution in [0, 0.1) is 11.7 Å². The van der Waals surface area contributed by atoms with Crippen LogP contribution in [0.5, 0.6) is 0 Å². The lowest BCUT2D eigenvalue weighted by molar-refractivity contribution is -0.179. The monoisotopic (exact) mass is 582 g/mol. The van der Waals surface area contributed by atoms with Gasteiger partial charge in [-0.15, -0.1) is 0 Å². The summed E-state index contributed by atoms with van der Waals surface area (Å²) in [7, 11) is -4.11. The summed E-state index contributed by atoms with van der Waals surface area (Å²) in [6, 6.07) is 4.13. The number of nitrogens with one attached hydrogen (secondary N) is 1. The number of hydrogen-bond donors (Lipinski definition) is 1. The van der Waals surface area contributed by atoms with E-state index in [4.69, 9.17) is 0 Å². The molecule has 39 heavy (non-hydrogen) atoms. The van der Waals surface area contributed by atoms with Gasteiger partial charge in [0.2, 0.25) is 15.9 Å². The first-order chi connectivity index (χ1) is 18.2. The molecule has 214 valence electrons. The van der Waals surface area contributed by atoms with Crippen LogP contribution in [-0.4, -0.2) is 55.5 Å². The van der Waals surface area contributed by atoms with Crippen molar-refractivity contribution >= 4 is 21.6 Å². The highest BCUT2D eigenvalue weighted by atomic mass is 32.2. The molecular formula is C24H25F7N4O3S. The lowest BCUT2D eigenvalue weighted by Crippen LogP contribution is -2.45. The number of sulfonamides is 1. The highest BCUT2D eigenvalue weighted by Crippen LogP contribution is 2.40. The minimum absolute atomic E-state index is 0.0234. The highest BCUT2D eigenvalue weighted by Gasteiger charge is 2.43. The second kappa shape index (κ2) is 10.9. The van der Waals surface area contributed by atoms with Gasteiger partial charge < -0.3 is 10.2 Å². The second-order valence-electron chi connectivity index (χ2n) is 9.44. The normalized spacial score (nSPS) is 19.9. The number of nitrogens with zero attached hydrogens (tertiary/aromatic N) is 3. The van der Waals surface area contributed by atoms with E-state index >= 15 is 0 Å². The van der Waals surface area contributed by atoms with Crippen LogP contribution in [0.2, 0.25) is 0 Å². The van der Waals surface area contributed by atoms with Gasteiger partial charge in [-0.1, -0.05) is 0 Å². The predicted octanol–water partition coefficient (Wildman–Crippen LogP) is 4.49. The Morgan fingerprint density at radius 3 is 2.23 bits per heavy atom. The minimum atomic E-state index is -4.80. The Hall–Kier alpha value is -2.94. The summed E-state index contributed by atoms with van der Waals surface area (Å²) in [4.78, 5) is 17.7. The molecule has 2 fully saturated rings. The zero-order valence-electron chi connectivity index (χ0n) is 20.4. The molecule has 4 rings (SSSR count).